The van der Waals surface area contributed by atoms with E-state index >= 15 is 0 Å². The molecule has 2 heterocycles. The maximum atomic E-state index is 13.1. The minimum absolute atomic E-state index is 0.0137. The lowest BCUT2D eigenvalue weighted by molar-refractivity contribution is -0.150. The van der Waals surface area contributed by atoms with E-state index in [9.17, 15) is 22.4 Å². The van der Waals surface area contributed by atoms with Crippen LogP contribution in [0.2, 0.25) is 0 Å². The molecule has 0 unspecified atom stereocenters. The Hall–Kier alpha value is -1.67. The first-order valence-electron chi connectivity index (χ1n) is 8.25. The van der Waals surface area contributed by atoms with Crippen LogP contribution in [0.25, 0.3) is 0 Å². The molecule has 2 aliphatic heterocycles. The van der Waals surface area contributed by atoms with Crippen molar-refractivity contribution in [1.29, 1.82) is 0 Å². The van der Waals surface area contributed by atoms with Gasteiger partial charge in [0.05, 0.1) is 18.6 Å². The van der Waals surface area contributed by atoms with E-state index in [0.717, 1.165) is 0 Å². The SMILES string of the molecule is O=C1COC2(CCN(CCC(F)(F)F)CC2)CN1c1ccc(F)cc1. The number of halogens is 4. The number of amides is 1. The third kappa shape index (κ3) is 4.49. The monoisotopic (exact) mass is 360 g/mol. The molecule has 0 bridgehead atoms. The number of ether oxygens (including phenoxy) is 1. The summed E-state index contributed by atoms with van der Waals surface area (Å²) in [6, 6.07) is 5.68. The molecular formula is C17H20F4N2O2. The fraction of sp³-hybridized carbons (Fsp3) is 0.588. The van der Waals surface area contributed by atoms with Gasteiger partial charge in [-0.15, -0.1) is 0 Å². The molecule has 2 saturated heterocycles. The molecule has 25 heavy (non-hydrogen) atoms. The van der Waals surface area contributed by atoms with Gasteiger partial charge in [-0.3, -0.25) is 4.79 Å². The molecule has 2 fully saturated rings. The van der Waals surface area contributed by atoms with Gasteiger partial charge in [0.2, 0.25) is 0 Å². The molecule has 0 saturated carbocycles. The lowest BCUT2D eigenvalue weighted by atomic mass is 9.89. The van der Waals surface area contributed by atoms with E-state index in [-0.39, 0.29) is 24.9 Å². The van der Waals surface area contributed by atoms with Crippen molar-refractivity contribution in [3.63, 3.8) is 0 Å². The topological polar surface area (TPSA) is 32.8 Å². The molecule has 1 amide bonds. The number of carbonyl (C=O) groups excluding carboxylic acids is 1. The van der Waals surface area contributed by atoms with Crippen LogP contribution in [-0.4, -0.2) is 55.4 Å². The second-order valence-corrected chi connectivity index (χ2v) is 6.63. The molecule has 0 atom stereocenters. The lowest BCUT2D eigenvalue weighted by Gasteiger charge is -2.47. The number of carbonyl (C=O) groups is 1. The van der Waals surface area contributed by atoms with Gasteiger partial charge in [0.1, 0.15) is 12.4 Å². The minimum atomic E-state index is -4.15. The Labute approximate surface area is 143 Å². The molecule has 0 aromatic heterocycles. The number of likely N-dealkylation sites (tertiary alicyclic amines) is 1. The van der Waals surface area contributed by atoms with Crippen LogP contribution < -0.4 is 4.90 Å². The molecule has 8 heteroatoms. The van der Waals surface area contributed by atoms with E-state index < -0.39 is 18.2 Å². The second-order valence-electron chi connectivity index (χ2n) is 6.63. The number of hydrogen-bond acceptors (Lipinski definition) is 3. The highest BCUT2D eigenvalue weighted by atomic mass is 19.4. The van der Waals surface area contributed by atoms with E-state index in [2.05, 4.69) is 0 Å². The Morgan fingerprint density at radius 3 is 2.36 bits per heavy atom. The molecule has 4 nitrogen and oxygen atoms in total. The minimum Gasteiger partial charge on any atom is -0.363 e. The van der Waals surface area contributed by atoms with Gasteiger partial charge in [-0.2, -0.15) is 13.2 Å². The van der Waals surface area contributed by atoms with E-state index in [1.807, 2.05) is 0 Å². The number of benzene rings is 1. The molecule has 0 radical (unpaired) electrons. The first kappa shape index (κ1) is 18.1. The van der Waals surface area contributed by atoms with Crippen molar-refractivity contribution in [2.45, 2.75) is 31.0 Å². The predicted molar refractivity (Wildman–Crippen MR) is 83.8 cm³/mol. The number of morpholine rings is 1. The number of alkyl halides is 3. The predicted octanol–water partition coefficient (Wildman–Crippen LogP) is 2.98. The smallest absolute Gasteiger partial charge is 0.363 e. The van der Waals surface area contributed by atoms with Crippen molar-refractivity contribution in [3.8, 4) is 0 Å². The van der Waals surface area contributed by atoms with Gasteiger partial charge >= 0.3 is 6.18 Å². The molecule has 1 aromatic carbocycles. The molecule has 0 aliphatic carbocycles. The average Bonchev–Trinajstić information content (AvgIpc) is 2.57. The van der Waals surface area contributed by atoms with Gasteiger partial charge < -0.3 is 14.5 Å². The summed E-state index contributed by atoms with van der Waals surface area (Å²) in [5.74, 6) is -0.575. The fourth-order valence-corrected chi connectivity index (χ4v) is 3.34. The van der Waals surface area contributed by atoms with Crippen LogP contribution in [-0.2, 0) is 9.53 Å². The quantitative estimate of drug-likeness (QED) is 0.777. The zero-order valence-electron chi connectivity index (χ0n) is 13.7. The Bertz CT molecular complexity index is 610. The van der Waals surface area contributed by atoms with E-state index in [0.29, 0.717) is 38.2 Å². The lowest BCUT2D eigenvalue weighted by Crippen LogP contribution is -2.59. The summed E-state index contributed by atoms with van der Waals surface area (Å²) in [7, 11) is 0. The Kier molecular flexibility index (Phi) is 5.02. The average molecular weight is 360 g/mol. The fourth-order valence-electron chi connectivity index (χ4n) is 3.34. The van der Waals surface area contributed by atoms with Gasteiger partial charge in [-0.05, 0) is 37.1 Å². The molecule has 2 aliphatic rings. The van der Waals surface area contributed by atoms with Crippen molar-refractivity contribution in [3.05, 3.63) is 30.1 Å². The molecule has 1 spiro atoms. The Morgan fingerprint density at radius 2 is 1.76 bits per heavy atom. The number of nitrogens with zero attached hydrogens (tertiary/aromatic N) is 2. The molecule has 1 aromatic rings. The van der Waals surface area contributed by atoms with Gasteiger partial charge in [0, 0.05) is 25.3 Å². The summed E-state index contributed by atoms with van der Waals surface area (Å²) in [4.78, 5) is 15.5. The zero-order chi connectivity index (χ0) is 18.1. The van der Waals surface area contributed by atoms with Gasteiger partial charge in [0.25, 0.3) is 5.91 Å². The highest BCUT2D eigenvalue weighted by molar-refractivity contribution is 5.95. The van der Waals surface area contributed by atoms with Crippen molar-refractivity contribution >= 4 is 11.6 Å². The molecule has 3 rings (SSSR count). The number of piperidine rings is 1. The van der Waals surface area contributed by atoms with Crippen LogP contribution in [0.4, 0.5) is 23.2 Å². The van der Waals surface area contributed by atoms with Crippen molar-refractivity contribution in [2.24, 2.45) is 0 Å². The standard InChI is InChI=1S/C17H20F4N2O2/c18-13-1-3-14(4-2-13)23-12-16(25-11-15(23)24)5-8-22(9-6-16)10-7-17(19,20)21/h1-4H,5-12H2. The summed E-state index contributed by atoms with van der Waals surface area (Å²) in [6.07, 6.45) is -3.84. The summed E-state index contributed by atoms with van der Waals surface area (Å²) in [5.41, 5.74) is 0.0605. The highest BCUT2D eigenvalue weighted by Crippen LogP contribution is 2.33. The highest BCUT2D eigenvalue weighted by Gasteiger charge is 2.43. The van der Waals surface area contributed by atoms with E-state index in [1.165, 1.54) is 12.1 Å². The van der Waals surface area contributed by atoms with Crippen LogP contribution in [0.15, 0.2) is 24.3 Å². The third-order valence-electron chi connectivity index (χ3n) is 4.87. The van der Waals surface area contributed by atoms with Crippen LogP contribution in [0.5, 0.6) is 0 Å². The number of hydrogen-bond donors (Lipinski definition) is 0. The van der Waals surface area contributed by atoms with Crippen LogP contribution in [0, 0.1) is 5.82 Å². The first-order valence-corrected chi connectivity index (χ1v) is 8.25. The summed E-state index contributed by atoms with van der Waals surface area (Å²) >= 11 is 0. The normalized spacial score (nSPS) is 21.8. The molecule has 138 valence electrons. The Morgan fingerprint density at radius 1 is 1.12 bits per heavy atom. The van der Waals surface area contributed by atoms with Crippen molar-refractivity contribution in [2.75, 3.05) is 37.7 Å². The second kappa shape index (κ2) is 6.92. The maximum absolute atomic E-state index is 13.1. The zero-order valence-corrected chi connectivity index (χ0v) is 13.7. The van der Waals surface area contributed by atoms with Gasteiger partial charge in [-0.25, -0.2) is 4.39 Å². The van der Waals surface area contributed by atoms with Crippen molar-refractivity contribution in [1.82, 2.24) is 4.90 Å². The number of rotatable bonds is 3. The summed E-state index contributed by atoms with van der Waals surface area (Å²) in [5, 5.41) is 0. The van der Waals surface area contributed by atoms with E-state index in [4.69, 9.17) is 4.74 Å². The van der Waals surface area contributed by atoms with Crippen LogP contribution in [0.3, 0.4) is 0 Å². The molecular weight excluding hydrogens is 340 g/mol. The van der Waals surface area contributed by atoms with Crippen LogP contribution in [0.1, 0.15) is 19.3 Å². The third-order valence-corrected chi connectivity index (χ3v) is 4.87. The van der Waals surface area contributed by atoms with Gasteiger partial charge in [0.15, 0.2) is 0 Å². The molecule has 0 N–H and O–H groups in total. The summed E-state index contributed by atoms with van der Waals surface area (Å²) < 4.78 is 55.9. The van der Waals surface area contributed by atoms with E-state index in [1.54, 1.807) is 21.9 Å². The van der Waals surface area contributed by atoms with Crippen LogP contribution >= 0.6 is 0 Å². The largest absolute Gasteiger partial charge is 0.390 e. The summed E-state index contributed by atoms with van der Waals surface area (Å²) in [6.45, 7) is 1.26. The first-order chi connectivity index (χ1) is 11.8. The van der Waals surface area contributed by atoms with Crippen molar-refractivity contribution < 1.29 is 27.1 Å². The Balaban J connectivity index is 1.61. The number of anilines is 1. The van der Waals surface area contributed by atoms with Gasteiger partial charge in [-0.1, -0.05) is 0 Å². The maximum Gasteiger partial charge on any atom is 0.390 e.